The van der Waals surface area contributed by atoms with Crippen LogP contribution in [0.15, 0.2) is 36.7 Å². The van der Waals surface area contributed by atoms with Gasteiger partial charge >= 0.3 is 5.97 Å². The zero-order valence-electron chi connectivity index (χ0n) is 15.7. The zero-order chi connectivity index (χ0) is 20.0. The highest BCUT2D eigenvalue weighted by Gasteiger charge is 2.60. The summed E-state index contributed by atoms with van der Waals surface area (Å²) >= 11 is 0. The van der Waals surface area contributed by atoms with Crippen LogP contribution in [0.4, 0.5) is 0 Å². The number of carbonyl (C=O) groups excluding carboxylic acids is 3. The summed E-state index contributed by atoms with van der Waals surface area (Å²) in [6, 6.07) is 5.99. The SMILES string of the molecule is COC(=O)[C@@H]1N[C@H](c2cnn(-c3ccccc3OC)c2)[C@@H]2C(=O)N(C)C(=O)[C@@H]21. The van der Waals surface area contributed by atoms with Crippen molar-refractivity contribution < 1.29 is 23.9 Å². The molecule has 1 aromatic carbocycles. The fourth-order valence-corrected chi connectivity index (χ4v) is 4.06. The quantitative estimate of drug-likeness (QED) is 0.597. The van der Waals surface area contributed by atoms with E-state index in [0.29, 0.717) is 11.3 Å². The van der Waals surface area contributed by atoms with Crippen molar-refractivity contribution in [2.24, 2.45) is 11.8 Å². The first-order chi connectivity index (χ1) is 13.5. The smallest absolute Gasteiger partial charge is 0.323 e. The van der Waals surface area contributed by atoms with Gasteiger partial charge in [0.1, 0.15) is 17.5 Å². The highest BCUT2D eigenvalue weighted by molar-refractivity contribution is 6.08. The number of nitrogens with zero attached hydrogens (tertiary/aromatic N) is 3. The van der Waals surface area contributed by atoms with E-state index in [1.54, 1.807) is 24.2 Å². The average Bonchev–Trinajstić information content (AvgIpc) is 3.40. The van der Waals surface area contributed by atoms with Crippen molar-refractivity contribution in [2.75, 3.05) is 21.3 Å². The second kappa shape index (κ2) is 6.75. The van der Waals surface area contributed by atoms with Crippen molar-refractivity contribution in [3.8, 4) is 11.4 Å². The highest BCUT2D eigenvalue weighted by atomic mass is 16.5. The number of nitrogens with one attached hydrogen (secondary N) is 1. The molecule has 9 heteroatoms. The lowest BCUT2D eigenvalue weighted by atomic mass is 9.87. The van der Waals surface area contributed by atoms with Gasteiger partial charge in [0.15, 0.2) is 0 Å². The summed E-state index contributed by atoms with van der Waals surface area (Å²) in [5, 5.41) is 7.48. The Bertz CT molecular complexity index is 955. The number of likely N-dealkylation sites (tertiary alicyclic amines) is 1. The average molecular weight is 384 g/mol. The second-order valence-corrected chi connectivity index (χ2v) is 6.82. The molecular weight excluding hydrogens is 364 g/mol. The Kier molecular flexibility index (Phi) is 4.38. The van der Waals surface area contributed by atoms with Crippen molar-refractivity contribution in [2.45, 2.75) is 12.1 Å². The van der Waals surface area contributed by atoms with E-state index in [1.165, 1.54) is 14.2 Å². The van der Waals surface area contributed by atoms with Gasteiger partial charge in [-0.25, -0.2) is 4.68 Å². The molecule has 0 radical (unpaired) electrons. The Morgan fingerprint density at radius 1 is 1.14 bits per heavy atom. The number of aromatic nitrogens is 2. The van der Waals surface area contributed by atoms with Gasteiger partial charge in [-0.1, -0.05) is 12.1 Å². The first-order valence-corrected chi connectivity index (χ1v) is 8.81. The van der Waals surface area contributed by atoms with Crippen molar-refractivity contribution >= 4 is 17.8 Å². The molecule has 2 aromatic rings. The van der Waals surface area contributed by atoms with E-state index in [-0.39, 0.29) is 11.8 Å². The van der Waals surface area contributed by atoms with E-state index in [9.17, 15) is 14.4 Å². The number of hydrogen-bond acceptors (Lipinski definition) is 7. The molecule has 3 heterocycles. The summed E-state index contributed by atoms with van der Waals surface area (Å²) in [7, 11) is 4.27. The number of amides is 2. The lowest BCUT2D eigenvalue weighted by Crippen LogP contribution is -2.42. The topological polar surface area (TPSA) is 103 Å². The third-order valence-corrected chi connectivity index (χ3v) is 5.44. The molecule has 2 fully saturated rings. The van der Waals surface area contributed by atoms with E-state index in [1.807, 2.05) is 24.3 Å². The van der Waals surface area contributed by atoms with Crippen LogP contribution in [-0.2, 0) is 19.1 Å². The van der Waals surface area contributed by atoms with Crippen LogP contribution in [0.25, 0.3) is 5.69 Å². The molecule has 1 aromatic heterocycles. The monoisotopic (exact) mass is 384 g/mol. The number of imide groups is 1. The molecule has 0 aliphatic carbocycles. The first kappa shape index (κ1) is 18.2. The van der Waals surface area contributed by atoms with Gasteiger partial charge in [0.25, 0.3) is 0 Å². The molecule has 0 unspecified atom stereocenters. The van der Waals surface area contributed by atoms with Crippen LogP contribution >= 0.6 is 0 Å². The standard InChI is InChI=1S/C19H20N4O5/c1-22-17(24)13-14(18(22)25)16(19(26)28-3)21-15(13)10-8-20-23(9-10)11-6-4-5-7-12(11)27-2/h4-9,13-16,21H,1-3H3/t13-,14+,15-,16-/m1/s1. The number of methoxy groups -OCH3 is 2. The Balaban J connectivity index is 1.71. The molecular formula is C19H20N4O5. The number of benzene rings is 1. The lowest BCUT2D eigenvalue weighted by Gasteiger charge is -2.18. The minimum Gasteiger partial charge on any atom is -0.494 e. The van der Waals surface area contributed by atoms with Crippen LogP contribution in [0.5, 0.6) is 5.75 Å². The first-order valence-electron chi connectivity index (χ1n) is 8.81. The van der Waals surface area contributed by atoms with Crippen LogP contribution < -0.4 is 10.1 Å². The van der Waals surface area contributed by atoms with E-state index in [2.05, 4.69) is 10.4 Å². The molecule has 9 nitrogen and oxygen atoms in total. The van der Waals surface area contributed by atoms with Crippen molar-refractivity contribution in [1.82, 2.24) is 20.0 Å². The molecule has 2 saturated heterocycles. The van der Waals surface area contributed by atoms with Crippen LogP contribution in [0.3, 0.4) is 0 Å². The number of rotatable bonds is 4. The molecule has 28 heavy (non-hydrogen) atoms. The maximum Gasteiger partial charge on any atom is 0.323 e. The van der Waals surface area contributed by atoms with Gasteiger partial charge < -0.3 is 9.47 Å². The molecule has 146 valence electrons. The number of ether oxygens (including phenoxy) is 2. The van der Waals surface area contributed by atoms with Gasteiger partial charge in [0.05, 0.1) is 32.3 Å². The molecule has 0 bridgehead atoms. The highest BCUT2D eigenvalue weighted by Crippen LogP contribution is 2.43. The second-order valence-electron chi connectivity index (χ2n) is 6.82. The predicted octanol–water partition coefficient (Wildman–Crippen LogP) is 0.298. The molecule has 4 rings (SSSR count). The molecule has 0 saturated carbocycles. The van der Waals surface area contributed by atoms with Gasteiger partial charge in [-0.15, -0.1) is 0 Å². The summed E-state index contributed by atoms with van der Waals surface area (Å²) in [5.41, 5.74) is 1.44. The van der Waals surface area contributed by atoms with Crippen LogP contribution in [-0.4, -0.2) is 59.8 Å². The summed E-state index contributed by atoms with van der Waals surface area (Å²) in [6.45, 7) is 0. The van der Waals surface area contributed by atoms with E-state index in [4.69, 9.17) is 9.47 Å². The van der Waals surface area contributed by atoms with Crippen molar-refractivity contribution in [3.05, 3.63) is 42.2 Å². The number of fused-ring (bicyclic) bond motifs is 1. The zero-order valence-corrected chi connectivity index (χ0v) is 15.7. The van der Waals surface area contributed by atoms with Gasteiger partial charge in [-0.05, 0) is 12.1 Å². The molecule has 2 aliphatic rings. The van der Waals surface area contributed by atoms with Crippen molar-refractivity contribution in [3.63, 3.8) is 0 Å². The van der Waals surface area contributed by atoms with Gasteiger partial charge in [-0.2, -0.15) is 5.10 Å². The predicted molar refractivity (Wildman–Crippen MR) is 96.6 cm³/mol. The van der Waals surface area contributed by atoms with Gasteiger partial charge in [-0.3, -0.25) is 24.6 Å². The van der Waals surface area contributed by atoms with Crippen LogP contribution in [0, 0.1) is 11.8 Å². The Labute approximate surface area is 161 Å². The van der Waals surface area contributed by atoms with Gasteiger partial charge in [0, 0.05) is 24.8 Å². The minimum absolute atomic E-state index is 0.316. The summed E-state index contributed by atoms with van der Waals surface area (Å²) < 4.78 is 11.8. The number of carbonyl (C=O) groups is 3. The maximum absolute atomic E-state index is 12.7. The van der Waals surface area contributed by atoms with E-state index < -0.39 is 29.9 Å². The van der Waals surface area contributed by atoms with E-state index >= 15 is 0 Å². The number of esters is 1. The van der Waals surface area contributed by atoms with Gasteiger partial charge in [0.2, 0.25) is 11.8 Å². The van der Waals surface area contributed by atoms with Crippen molar-refractivity contribution in [1.29, 1.82) is 0 Å². The maximum atomic E-state index is 12.7. The largest absolute Gasteiger partial charge is 0.494 e. The third kappa shape index (κ3) is 2.58. The summed E-state index contributed by atoms with van der Waals surface area (Å²) in [6.07, 6.45) is 3.39. The molecule has 1 N–H and O–H groups in total. The molecule has 2 amide bonds. The fraction of sp³-hybridized carbons (Fsp3) is 0.368. The molecule has 4 atom stereocenters. The fourth-order valence-electron chi connectivity index (χ4n) is 4.06. The summed E-state index contributed by atoms with van der Waals surface area (Å²) in [4.78, 5) is 38.5. The number of para-hydroxylation sites is 2. The van der Waals surface area contributed by atoms with E-state index in [0.717, 1.165) is 10.6 Å². The molecule has 0 spiro atoms. The van der Waals surface area contributed by atoms with Crippen LogP contribution in [0.2, 0.25) is 0 Å². The Hall–Kier alpha value is -3.20. The Morgan fingerprint density at radius 2 is 1.86 bits per heavy atom. The minimum atomic E-state index is -0.879. The Morgan fingerprint density at radius 3 is 2.57 bits per heavy atom. The van der Waals surface area contributed by atoms with Crippen LogP contribution in [0.1, 0.15) is 11.6 Å². The molecule has 2 aliphatic heterocycles. The number of hydrogen-bond donors (Lipinski definition) is 1. The summed E-state index contributed by atoms with van der Waals surface area (Å²) in [5.74, 6) is -2.08. The lowest BCUT2D eigenvalue weighted by molar-refractivity contribution is -0.147. The third-order valence-electron chi connectivity index (χ3n) is 5.44. The normalized spacial score (nSPS) is 26.5.